The normalized spacial score (nSPS) is 15.2. The second kappa shape index (κ2) is 12.5. The number of carbonyl (C=O) groups is 4. The van der Waals surface area contributed by atoms with Crippen LogP contribution < -0.4 is 0 Å². The van der Waals surface area contributed by atoms with Crippen molar-refractivity contribution in [3.8, 4) is 0 Å². The first-order valence-corrected chi connectivity index (χ1v) is 19.1. The summed E-state index contributed by atoms with van der Waals surface area (Å²) in [5.74, 6) is -0.680. The smallest absolute Gasteiger partial charge is 0.261 e. The maximum absolute atomic E-state index is 13.2. The molecule has 0 aliphatic carbocycles. The van der Waals surface area contributed by atoms with Gasteiger partial charge in [-0.05, 0) is 48.9 Å². The number of amides is 4. The lowest BCUT2D eigenvalue weighted by Gasteiger charge is -2.31. The molecule has 0 saturated heterocycles. The number of hydrogen-bond donors (Lipinski definition) is 0. The molecule has 4 amide bonds. The largest absolute Gasteiger partial charge is 0.328 e. The molecule has 226 valence electrons. The van der Waals surface area contributed by atoms with E-state index in [1.807, 2.05) is 36.4 Å². The van der Waals surface area contributed by atoms with Gasteiger partial charge >= 0.3 is 0 Å². The molecular formula is C35H44N3O4Si+. The predicted octanol–water partition coefficient (Wildman–Crippen LogP) is 6.47. The van der Waals surface area contributed by atoms with Gasteiger partial charge in [-0.15, -0.1) is 0 Å². The van der Waals surface area contributed by atoms with Gasteiger partial charge in [-0.3, -0.25) is 29.0 Å². The third-order valence-electron chi connectivity index (χ3n) is 9.23. The van der Waals surface area contributed by atoms with Crippen LogP contribution in [0, 0.1) is 0 Å². The summed E-state index contributed by atoms with van der Waals surface area (Å²) in [4.78, 5) is 54.4. The molecule has 0 spiro atoms. The van der Waals surface area contributed by atoms with Gasteiger partial charge in [-0.25, -0.2) is 0 Å². The highest BCUT2D eigenvalue weighted by Gasteiger charge is 2.35. The van der Waals surface area contributed by atoms with E-state index in [0.717, 1.165) is 53.7 Å². The van der Waals surface area contributed by atoms with E-state index < -0.39 is 8.07 Å². The summed E-state index contributed by atoms with van der Waals surface area (Å²) in [5, 5.41) is 1.73. The van der Waals surface area contributed by atoms with Crippen molar-refractivity contribution in [2.24, 2.45) is 0 Å². The van der Waals surface area contributed by atoms with E-state index in [2.05, 4.69) is 27.2 Å². The number of rotatable bonds is 14. The van der Waals surface area contributed by atoms with Crippen LogP contribution >= 0.6 is 0 Å². The van der Waals surface area contributed by atoms with Gasteiger partial charge in [0.05, 0.1) is 38.3 Å². The molecule has 7 nitrogen and oxygen atoms in total. The van der Waals surface area contributed by atoms with Gasteiger partial charge in [0.1, 0.15) is 0 Å². The van der Waals surface area contributed by atoms with Crippen molar-refractivity contribution >= 4 is 42.5 Å². The molecule has 0 bridgehead atoms. The average Bonchev–Trinajstić information content (AvgIpc) is 3.22. The lowest BCUT2D eigenvalue weighted by molar-refractivity contribution is -0.890. The van der Waals surface area contributed by atoms with E-state index in [1.165, 1.54) is 28.7 Å². The first-order valence-electron chi connectivity index (χ1n) is 15.6. The molecule has 0 saturated carbocycles. The Balaban J connectivity index is 0.998. The zero-order valence-corrected chi connectivity index (χ0v) is 27.0. The van der Waals surface area contributed by atoms with Gasteiger partial charge in [0.2, 0.25) is 0 Å². The third kappa shape index (κ3) is 6.65. The quantitative estimate of drug-likeness (QED) is 0.0923. The van der Waals surface area contributed by atoms with Crippen LogP contribution in [0.3, 0.4) is 0 Å². The zero-order chi connectivity index (χ0) is 30.8. The molecule has 0 aromatic heterocycles. The Labute approximate surface area is 256 Å². The second-order valence-electron chi connectivity index (χ2n) is 13.6. The molecule has 0 atom stereocenters. The van der Waals surface area contributed by atoms with E-state index in [9.17, 15) is 19.2 Å². The standard InChI is InChI=1S/C35H44N3O4Si/c1-38(2,23-12-20-36-32(39)27-16-6-7-17-28(27)33(36)40)22-8-5-9-24-43(3,4)25-13-21-37-34(41)29-18-10-14-26-15-11-19-30(31(26)29)35(37)42/h6-7,10-11,14-19H,5,8-9,12-13,20-25H2,1-4H3/q+1. The minimum atomic E-state index is -1.45. The fourth-order valence-corrected chi connectivity index (χ4v) is 9.23. The zero-order valence-electron chi connectivity index (χ0n) is 26.0. The van der Waals surface area contributed by atoms with Crippen LogP contribution in [0.1, 0.15) is 73.5 Å². The third-order valence-corrected chi connectivity index (χ3v) is 12.6. The topological polar surface area (TPSA) is 74.8 Å². The van der Waals surface area contributed by atoms with E-state index in [1.54, 1.807) is 24.3 Å². The molecule has 3 aromatic carbocycles. The van der Waals surface area contributed by atoms with E-state index in [0.29, 0.717) is 35.3 Å². The van der Waals surface area contributed by atoms with Crippen molar-refractivity contribution in [2.45, 2.75) is 57.3 Å². The number of hydrogen-bond acceptors (Lipinski definition) is 4. The summed E-state index contributed by atoms with van der Waals surface area (Å²) >= 11 is 0. The summed E-state index contributed by atoms with van der Waals surface area (Å²) in [6.45, 7) is 7.76. The second-order valence-corrected chi connectivity index (χ2v) is 18.9. The van der Waals surface area contributed by atoms with Crippen LogP contribution in [0.4, 0.5) is 0 Å². The Bertz CT molecular complexity index is 1480. The molecule has 0 radical (unpaired) electrons. The molecule has 0 unspecified atom stereocenters. The molecule has 2 aliphatic rings. The van der Waals surface area contributed by atoms with Crippen LogP contribution in [0.5, 0.6) is 0 Å². The van der Waals surface area contributed by atoms with Gasteiger partial charge in [-0.2, -0.15) is 0 Å². The van der Waals surface area contributed by atoms with Crippen LogP contribution in [0.25, 0.3) is 10.8 Å². The Morgan fingerprint density at radius 3 is 1.60 bits per heavy atom. The highest BCUT2D eigenvalue weighted by Crippen LogP contribution is 2.31. The van der Waals surface area contributed by atoms with Crippen molar-refractivity contribution in [2.75, 3.05) is 40.3 Å². The molecule has 0 N–H and O–H groups in total. The number of quaternary nitrogens is 1. The summed E-state index contributed by atoms with van der Waals surface area (Å²) in [6, 6.07) is 20.8. The minimum Gasteiger partial charge on any atom is -0.328 e. The number of nitrogens with zero attached hydrogens (tertiary/aromatic N) is 3. The van der Waals surface area contributed by atoms with Crippen LogP contribution in [-0.4, -0.2) is 86.3 Å². The lowest BCUT2D eigenvalue weighted by atomic mass is 9.94. The summed E-state index contributed by atoms with van der Waals surface area (Å²) in [6.07, 6.45) is 5.17. The summed E-state index contributed by atoms with van der Waals surface area (Å²) in [5.41, 5.74) is 2.30. The number of unbranched alkanes of at least 4 members (excludes halogenated alkanes) is 2. The summed E-state index contributed by atoms with van der Waals surface area (Å²) < 4.78 is 0.874. The minimum absolute atomic E-state index is 0.168. The highest BCUT2D eigenvalue weighted by atomic mass is 28.3. The fourth-order valence-electron chi connectivity index (χ4n) is 6.66. The Hall–Kier alpha value is -3.62. The van der Waals surface area contributed by atoms with Crippen molar-refractivity contribution in [1.82, 2.24) is 9.80 Å². The first kappa shape index (κ1) is 30.8. The lowest BCUT2D eigenvalue weighted by Crippen LogP contribution is -2.43. The fraction of sp³-hybridized carbons (Fsp3) is 0.429. The maximum Gasteiger partial charge on any atom is 0.261 e. The van der Waals surface area contributed by atoms with Gasteiger partial charge < -0.3 is 4.48 Å². The van der Waals surface area contributed by atoms with Gasteiger partial charge in [0, 0.05) is 44.1 Å². The average molecular weight is 599 g/mol. The molecule has 3 aromatic rings. The van der Waals surface area contributed by atoms with Gasteiger partial charge in [0.15, 0.2) is 0 Å². The maximum atomic E-state index is 13.2. The van der Waals surface area contributed by atoms with Crippen molar-refractivity contribution in [1.29, 1.82) is 0 Å². The molecular weight excluding hydrogens is 554 g/mol. The first-order chi connectivity index (χ1) is 20.5. The monoisotopic (exact) mass is 598 g/mol. The Morgan fingerprint density at radius 2 is 1.02 bits per heavy atom. The van der Waals surface area contributed by atoms with Crippen LogP contribution in [-0.2, 0) is 0 Å². The Morgan fingerprint density at radius 1 is 0.558 bits per heavy atom. The number of fused-ring (bicyclic) bond motifs is 1. The van der Waals surface area contributed by atoms with Gasteiger partial charge in [-0.1, -0.05) is 68.0 Å². The highest BCUT2D eigenvalue weighted by molar-refractivity contribution is 6.77. The predicted molar refractivity (Wildman–Crippen MR) is 173 cm³/mol. The molecule has 8 heteroatoms. The van der Waals surface area contributed by atoms with Gasteiger partial charge in [0.25, 0.3) is 23.6 Å². The van der Waals surface area contributed by atoms with Crippen LogP contribution in [0.2, 0.25) is 25.2 Å². The van der Waals surface area contributed by atoms with E-state index in [4.69, 9.17) is 0 Å². The number of carbonyl (C=O) groups excluding carboxylic acids is 4. The molecule has 2 heterocycles. The van der Waals surface area contributed by atoms with Crippen molar-refractivity contribution in [3.63, 3.8) is 0 Å². The molecule has 2 aliphatic heterocycles. The molecule has 5 rings (SSSR count). The van der Waals surface area contributed by atoms with E-state index in [-0.39, 0.29) is 23.6 Å². The molecule has 0 fully saturated rings. The SMILES string of the molecule is C[N+](C)(CCCCC[Si](C)(C)CCCN1C(=O)c2cccc3cccc(c23)C1=O)CCCN1C(=O)c2ccccc2C1=O. The van der Waals surface area contributed by atoms with E-state index >= 15 is 0 Å². The van der Waals surface area contributed by atoms with Crippen molar-refractivity contribution < 1.29 is 23.7 Å². The van der Waals surface area contributed by atoms with Crippen LogP contribution in [0.15, 0.2) is 60.7 Å². The number of benzene rings is 3. The summed E-state index contributed by atoms with van der Waals surface area (Å²) in [7, 11) is 3.00. The number of imide groups is 2. The molecule has 43 heavy (non-hydrogen) atoms. The Kier molecular flexibility index (Phi) is 8.99. The van der Waals surface area contributed by atoms with Crippen molar-refractivity contribution in [3.05, 3.63) is 82.9 Å².